The fraction of sp³-hybridized carbons (Fsp3) is 0.250. The van der Waals surface area contributed by atoms with E-state index < -0.39 is 0 Å². The van der Waals surface area contributed by atoms with Gasteiger partial charge in [0.1, 0.15) is 5.75 Å². The van der Waals surface area contributed by atoms with E-state index in [1.54, 1.807) is 0 Å². The van der Waals surface area contributed by atoms with Crippen molar-refractivity contribution in [1.82, 2.24) is 5.32 Å². The Hall–Kier alpha value is -1.80. The molecule has 1 aliphatic heterocycles. The van der Waals surface area contributed by atoms with E-state index in [2.05, 4.69) is 47.8 Å². The van der Waals surface area contributed by atoms with Gasteiger partial charge in [0.05, 0.1) is 12.6 Å². The third-order valence-electron chi connectivity index (χ3n) is 3.48. The van der Waals surface area contributed by atoms with Crippen LogP contribution in [0.25, 0.3) is 0 Å². The SMILES string of the molecule is CNC(c1ccccc1)c1cccc2c1OCC2. The Bertz CT molecular complexity index is 536. The lowest BCUT2D eigenvalue weighted by molar-refractivity contribution is 0.351. The van der Waals surface area contributed by atoms with E-state index in [1.807, 2.05) is 13.1 Å². The third kappa shape index (κ3) is 1.89. The summed E-state index contributed by atoms with van der Waals surface area (Å²) >= 11 is 0. The number of hydrogen-bond acceptors (Lipinski definition) is 2. The monoisotopic (exact) mass is 239 g/mol. The Balaban J connectivity index is 2.05. The van der Waals surface area contributed by atoms with Gasteiger partial charge in [0.25, 0.3) is 0 Å². The molecule has 0 saturated carbocycles. The highest BCUT2D eigenvalue weighted by Gasteiger charge is 2.21. The van der Waals surface area contributed by atoms with E-state index in [9.17, 15) is 0 Å². The van der Waals surface area contributed by atoms with Gasteiger partial charge in [-0.2, -0.15) is 0 Å². The molecule has 1 aliphatic rings. The van der Waals surface area contributed by atoms with Crippen LogP contribution in [0.3, 0.4) is 0 Å². The number of rotatable bonds is 3. The van der Waals surface area contributed by atoms with Gasteiger partial charge in [0.2, 0.25) is 0 Å². The van der Waals surface area contributed by atoms with Crippen LogP contribution in [0, 0.1) is 0 Å². The lowest BCUT2D eigenvalue weighted by Gasteiger charge is -2.19. The fourth-order valence-electron chi connectivity index (χ4n) is 2.62. The summed E-state index contributed by atoms with van der Waals surface area (Å²) in [6.07, 6.45) is 1.02. The topological polar surface area (TPSA) is 21.3 Å². The normalized spacial score (nSPS) is 14.9. The van der Waals surface area contributed by atoms with E-state index in [0.717, 1.165) is 18.8 Å². The van der Waals surface area contributed by atoms with Crippen molar-refractivity contribution in [1.29, 1.82) is 0 Å². The maximum atomic E-state index is 5.79. The van der Waals surface area contributed by atoms with Crippen molar-refractivity contribution < 1.29 is 4.74 Å². The summed E-state index contributed by atoms with van der Waals surface area (Å²) in [6.45, 7) is 0.803. The van der Waals surface area contributed by atoms with Gasteiger partial charge < -0.3 is 10.1 Å². The highest BCUT2D eigenvalue weighted by molar-refractivity contribution is 5.48. The van der Waals surface area contributed by atoms with Gasteiger partial charge in [-0.15, -0.1) is 0 Å². The third-order valence-corrected chi connectivity index (χ3v) is 3.48. The molecule has 0 saturated heterocycles. The summed E-state index contributed by atoms with van der Waals surface area (Å²) in [7, 11) is 1.99. The van der Waals surface area contributed by atoms with Crippen molar-refractivity contribution in [2.24, 2.45) is 0 Å². The molecule has 2 nitrogen and oxygen atoms in total. The van der Waals surface area contributed by atoms with E-state index >= 15 is 0 Å². The number of fused-ring (bicyclic) bond motifs is 1. The average molecular weight is 239 g/mol. The molecule has 0 aromatic heterocycles. The van der Waals surface area contributed by atoms with Crippen molar-refractivity contribution in [3.05, 3.63) is 65.2 Å². The minimum atomic E-state index is 0.194. The fourth-order valence-corrected chi connectivity index (χ4v) is 2.62. The van der Waals surface area contributed by atoms with Gasteiger partial charge >= 0.3 is 0 Å². The Morgan fingerprint density at radius 3 is 2.67 bits per heavy atom. The van der Waals surface area contributed by atoms with Gasteiger partial charge in [0, 0.05) is 12.0 Å². The molecule has 18 heavy (non-hydrogen) atoms. The van der Waals surface area contributed by atoms with Crippen LogP contribution in [0.15, 0.2) is 48.5 Å². The highest BCUT2D eigenvalue weighted by atomic mass is 16.5. The molecule has 1 heterocycles. The predicted molar refractivity (Wildman–Crippen MR) is 73.0 cm³/mol. The van der Waals surface area contributed by atoms with Crippen molar-refractivity contribution in [2.45, 2.75) is 12.5 Å². The summed E-state index contributed by atoms with van der Waals surface area (Å²) in [5, 5.41) is 3.38. The predicted octanol–water partition coefficient (Wildman–Crippen LogP) is 2.93. The van der Waals surface area contributed by atoms with Gasteiger partial charge in [-0.1, -0.05) is 48.5 Å². The molecule has 0 radical (unpaired) electrons. The number of ether oxygens (including phenoxy) is 1. The second kappa shape index (κ2) is 4.83. The van der Waals surface area contributed by atoms with Crippen LogP contribution in [0.1, 0.15) is 22.7 Å². The Morgan fingerprint density at radius 1 is 1.06 bits per heavy atom. The molecule has 1 atom stereocenters. The zero-order chi connectivity index (χ0) is 12.4. The maximum Gasteiger partial charge on any atom is 0.127 e. The van der Waals surface area contributed by atoms with Crippen LogP contribution < -0.4 is 10.1 Å². The molecule has 3 rings (SSSR count). The second-order valence-corrected chi connectivity index (χ2v) is 4.57. The molecule has 0 bridgehead atoms. The molecule has 2 aromatic carbocycles. The molecular formula is C16H17NO. The van der Waals surface area contributed by atoms with Crippen molar-refractivity contribution >= 4 is 0 Å². The number of benzene rings is 2. The molecule has 1 unspecified atom stereocenters. The van der Waals surface area contributed by atoms with Crippen LogP contribution in [0.4, 0.5) is 0 Å². The van der Waals surface area contributed by atoms with E-state index in [1.165, 1.54) is 16.7 Å². The molecule has 0 aliphatic carbocycles. The zero-order valence-electron chi connectivity index (χ0n) is 10.5. The Morgan fingerprint density at radius 2 is 1.89 bits per heavy atom. The average Bonchev–Trinajstić information content (AvgIpc) is 2.90. The van der Waals surface area contributed by atoms with Gasteiger partial charge in [-0.25, -0.2) is 0 Å². The Kier molecular flexibility index (Phi) is 3.03. The summed E-state index contributed by atoms with van der Waals surface area (Å²) in [5.74, 6) is 1.07. The van der Waals surface area contributed by atoms with E-state index in [4.69, 9.17) is 4.74 Å². The summed E-state index contributed by atoms with van der Waals surface area (Å²) in [6, 6.07) is 17.1. The first-order valence-electron chi connectivity index (χ1n) is 6.37. The van der Waals surface area contributed by atoms with Crippen molar-refractivity contribution in [3.8, 4) is 5.75 Å². The van der Waals surface area contributed by atoms with Crippen LogP contribution in [0.5, 0.6) is 5.75 Å². The number of hydrogen-bond donors (Lipinski definition) is 1. The van der Waals surface area contributed by atoms with Gasteiger partial charge in [0.15, 0.2) is 0 Å². The minimum Gasteiger partial charge on any atom is -0.493 e. The molecule has 0 amide bonds. The van der Waals surface area contributed by atoms with Gasteiger partial charge in [-0.05, 0) is 18.2 Å². The van der Waals surface area contributed by atoms with Crippen molar-refractivity contribution in [3.63, 3.8) is 0 Å². The van der Waals surface area contributed by atoms with E-state index in [0.29, 0.717) is 0 Å². The summed E-state index contributed by atoms with van der Waals surface area (Å²) in [4.78, 5) is 0. The molecule has 0 spiro atoms. The first-order valence-corrected chi connectivity index (χ1v) is 6.37. The van der Waals surface area contributed by atoms with Crippen LogP contribution >= 0.6 is 0 Å². The summed E-state index contributed by atoms with van der Waals surface area (Å²) < 4.78 is 5.79. The van der Waals surface area contributed by atoms with Crippen LogP contribution in [-0.2, 0) is 6.42 Å². The Labute approximate surface area is 108 Å². The largest absolute Gasteiger partial charge is 0.493 e. The standard InChI is InChI=1S/C16H17NO/c1-17-15(12-6-3-2-4-7-12)14-9-5-8-13-10-11-18-16(13)14/h2-9,15,17H,10-11H2,1H3. The second-order valence-electron chi connectivity index (χ2n) is 4.57. The minimum absolute atomic E-state index is 0.194. The number of nitrogens with one attached hydrogen (secondary N) is 1. The first-order chi connectivity index (χ1) is 8.90. The maximum absolute atomic E-state index is 5.79. The molecule has 2 aromatic rings. The lowest BCUT2D eigenvalue weighted by atomic mass is 9.96. The molecule has 0 fully saturated rings. The number of para-hydroxylation sites is 1. The van der Waals surface area contributed by atoms with E-state index in [-0.39, 0.29) is 6.04 Å². The van der Waals surface area contributed by atoms with Gasteiger partial charge in [-0.3, -0.25) is 0 Å². The zero-order valence-corrected chi connectivity index (χ0v) is 10.5. The smallest absolute Gasteiger partial charge is 0.127 e. The molecule has 2 heteroatoms. The lowest BCUT2D eigenvalue weighted by Crippen LogP contribution is -2.18. The molecular weight excluding hydrogens is 222 g/mol. The quantitative estimate of drug-likeness (QED) is 0.889. The summed E-state index contributed by atoms with van der Waals surface area (Å²) in [5.41, 5.74) is 3.83. The first kappa shape index (κ1) is 11.3. The molecule has 92 valence electrons. The highest BCUT2D eigenvalue weighted by Crippen LogP contribution is 2.35. The molecule has 1 N–H and O–H groups in total. The van der Waals surface area contributed by atoms with Crippen LogP contribution in [-0.4, -0.2) is 13.7 Å². The van der Waals surface area contributed by atoms with Crippen LogP contribution in [0.2, 0.25) is 0 Å². The van der Waals surface area contributed by atoms with Crippen molar-refractivity contribution in [2.75, 3.05) is 13.7 Å².